The number of anilines is 1. The summed E-state index contributed by atoms with van der Waals surface area (Å²) in [6, 6.07) is 0. The van der Waals surface area contributed by atoms with E-state index in [1.807, 2.05) is 0 Å². The minimum absolute atomic E-state index is 0.0407. The summed E-state index contributed by atoms with van der Waals surface area (Å²) >= 11 is 0.894. The molecule has 0 bridgehead atoms. The van der Waals surface area contributed by atoms with Crippen molar-refractivity contribution >= 4 is 47.7 Å². The number of hydrogen-bond donors (Lipinski definition) is 5. The van der Waals surface area contributed by atoms with Crippen LogP contribution in [0.5, 0.6) is 0 Å². The minimum Gasteiger partial charge on any atom is -0.465 e. The van der Waals surface area contributed by atoms with Crippen molar-refractivity contribution in [2.45, 2.75) is 46.1 Å². The molecule has 0 amide bonds. The number of fused-ring (bicyclic) bond motifs is 1. The Morgan fingerprint density at radius 1 is 1.38 bits per heavy atom. The molecule has 0 aromatic carbocycles. The maximum absolute atomic E-state index is 13.4. The van der Waals surface area contributed by atoms with E-state index in [4.69, 9.17) is 24.3 Å². The Hall–Kier alpha value is -2.37. The smallest absolute Gasteiger partial charge is 0.406 e. The van der Waals surface area contributed by atoms with Crippen LogP contribution in [0.15, 0.2) is 11.1 Å². The Morgan fingerprint density at radius 2 is 2.10 bits per heavy atom. The number of carbonyl (C=O) groups excluding carboxylic acids is 2. The van der Waals surface area contributed by atoms with Crippen LogP contribution in [-0.2, 0) is 32.7 Å². The van der Waals surface area contributed by atoms with Crippen LogP contribution in [0.1, 0.15) is 33.9 Å². The number of carbonyl (C=O) groups is 2. The molecule has 1 aliphatic rings. The van der Waals surface area contributed by atoms with Crippen LogP contribution < -0.4 is 16.4 Å². The highest BCUT2D eigenvalue weighted by Gasteiger charge is 2.44. The standard InChI is InChI=1S/C22H35N6O10PS/c1-5-35-14(30)8-25-39(34,36-6-7-40-20(33)22(3,4)10-29)37-9-13-16(31)12(2)19(38-13)28-11-24-15-17(28)26-21(23)27-18(15)32/h11-13,16,19,29,31H,5-10H2,1-4H3,(H,25,34)(H3,23,26,27,32)/t12-,13+,16-,19+,39?/m0/s1. The normalized spacial score (nSPS) is 22.9. The molecule has 6 N–H and O–H groups in total. The molecule has 0 saturated carbocycles. The first-order chi connectivity index (χ1) is 18.8. The van der Waals surface area contributed by atoms with Crippen molar-refractivity contribution < 1.29 is 42.9 Å². The summed E-state index contributed by atoms with van der Waals surface area (Å²) in [6.07, 6.45) is -1.55. The molecule has 3 heterocycles. The summed E-state index contributed by atoms with van der Waals surface area (Å²) in [5.41, 5.74) is 4.38. The number of ether oxygens (including phenoxy) is 2. The van der Waals surface area contributed by atoms with Crippen LogP contribution in [0.4, 0.5) is 5.95 Å². The fraction of sp³-hybridized carbons (Fsp3) is 0.682. The molecule has 0 spiro atoms. The van der Waals surface area contributed by atoms with Gasteiger partial charge in [0.1, 0.15) is 18.9 Å². The van der Waals surface area contributed by atoms with E-state index in [0.717, 1.165) is 11.8 Å². The molecule has 0 radical (unpaired) electrons. The van der Waals surface area contributed by atoms with E-state index in [2.05, 4.69) is 20.0 Å². The van der Waals surface area contributed by atoms with Crippen molar-refractivity contribution in [3.05, 3.63) is 16.7 Å². The number of aliphatic hydroxyl groups is 2. The lowest BCUT2D eigenvalue weighted by Crippen LogP contribution is -2.31. The van der Waals surface area contributed by atoms with Gasteiger partial charge in [0.15, 0.2) is 16.3 Å². The molecule has 1 fully saturated rings. The Labute approximate surface area is 233 Å². The van der Waals surface area contributed by atoms with E-state index in [1.54, 1.807) is 27.7 Å². The molecule has 1 unspecified atom stereocenters. The number of thioether (sulfide) groups is 1. The lowest BCUT2D eigenvalue weighted by molar-refractivity contribution is -0.141. The number of esters is 1. The second kappa shape index (κ2) is 13.5. The van der Waals surface area contributed by atoms with E-state index in [0.29, 0.717) is 0 Å². The van der Waals surface area contributed by atoms with Crippen molar-refractivity contribution in [2.24, 2.45) is 11.3 Å². The maximum atomic E-state index is 13.4. The van der Waals surface area contributed by atoms with E-state index in [1.165, 1.54) is 10.9 Å². The molecule has 0 aliphatic carbocycles. The number of aliphatic hydroxyl groups excluding tert-OH is 2. The maximum Gasteiger partial charge on any atom is 0.406 e. The molecule has 2 aromatic rings. The predicted octanol–water partition coefficient (Wildman–Crippen LogP) is 0.169. The number of rotatable bonds is 14. The monoisotopic (exact) mass is 606 g/mol. The second-order valence-electron chi connectivity index (χ2n) is 9.63. The van der Waals surface area contributed by atoms with Gasteiger partial charge in [0.25, 0.3) is 5.56 Å². The Morgan fingerprint density at radius 3 is 2.77 bits per heavy atom. The van der Waals surface area contributed by atoms with Crippen molar-refractivity contribution in [2.75, 3.05) is 44.5 Å². The number of nitrogens with one attached hydrogen (secondary N) is 2. The number of nitrogen functional groups attached to an aromatic ring is 1. The van der Waals surface area contributed by atoms with Crippen molar-refractivity contribution in [1.29, 1.82) is 0 Å². The average molecular weight is 607 g/mol. The summed E-state index contributed by atoms with van der Waals surface area (Å²) in [6.45, 7) is 5.21. The summed E-state index contributed by atoms with van der Waals surface area (Å²) in [5, 5.41) is 22.3. The van der Waals surface area contributed by atoms with Crippen LogP contribution in [0, 0.1) is 11.3 Å². The fourth-order valence-electron chi connectivity index (χ4n) is 3.70. The average Bonchev–Trinajstić information content (AvgIpc) is 3.45. The Bertz CT molecular complexity index is 1300. The van der Waals surface area contributed by atoms with Gasteiger partial charge in [0, 0.05) is 11.7 Å². The number of nitrogens with zero attached hydrogens (tertiary/aromatic N) is 3. The number of H-pyrrole nitrogens is 1. The predicted molar refractivity (Wildman–Crippen MR) is 144 cm³/mol. The third-order valence-corrected chi connectivity index (χ3v) is 8.81. The molecule has 18 heteroatoms. The SMILES string of the molecule is CCOC(=O)CNP(=O)(OCCSC(=O)C(C)(C)CO)OC[C@H]1O[C@@H](n2cnc3c(=O)[nH]c(N)nc32)[C@@H](C)[C@@H]1O. The molecule has 5 atom stereocenters. The minimum atomic E-state index is -4.14. The van der Waals surface area contributed by atoms with Crippen molar-refractivity contribution in [3.63, 3.8) is 0 Å². The highest BCUT2D eigenvalue weighted by atomic mass is 32.2. The second-order valence-corrected chi connectivity index (χ2v) is 12.5. The van der Waals surface area contributed by atoms with Gasteiger partial charge in [-0.2, -0.15) is 4.98 Å². The number of aromatic nitrogens is 4. The number of hydrogen-bond acceptors (Lipinski definition) is 14. The topological polar surface area (TPSA) is 230 Å². The molecular weight excluding hydrogens is 571 g/mol. The van der Waals surface area contributed by atoms with Gasteiger partial charge < -0.3 is 25.4 Å². The molecular formula is C22H35N6O10PS. The first kappa shape index (κ1) is 32.1. The van der Waals surface area contributed by atoms with Gasteiger partial charge in [-0.15, -0.1) is 0 Å². The largest absolute Gasteiger partial charge is 0.465 e. The summed E-state index contributed by atoms with van der Waals surface area (Å²) in [4.78, 5) is 46.7. The van der Waals surface area contributed by atoms with Crippen LogP contribution in [-0.4, -0.2) is 91.7 Å². The summed E-state index contributed by atoms with van der Waals surface area (Å²) < 4.78 is 36.6. The van der Waals surface area contributed by atoms with Gasteiger partial charge in [0.05, 0.1) is 44.3 Å². The van der Waals surface area contributed by atoms with E-state index >= 15 is 0 Å². The van der Waals surface area contributed by atoms with Gasteiger partial charge in [-0.05, 0) is 20.8 Å². The zero-order valence-electron chi connectivity index (χ0n) is 22.6. The number of nitrogens with two attached hydrogens (primary N) is 1. The van der Waals surface area contributed by atoms with Gasteiger partial charge in [-0.25, -0.2) is 14.6 Å². The first-order valence-electron chi connectivity index (χ1n) is 12.5. The van der Waals surface area contributed by atoms with Gasteiger partial charge in [-0.1, -0.05) is 18.7 Å². The van der Waals surface area contributed by atoms with Crippen LogP contribution in [0.2, 0.25) is 0 Å². The molecule has 1 saturated heterocycles. The van der Waals surface area contributed by atoms with E-state index in [-0.39, 0.29) is 47.8 Å². The van der Waals surface area contributed by atoms with Crippen LogP contribution in [0.25, 0.3) is 11.2 Å². The Kier molecular flexibility index (Phi) is 10.9. The third-order valence-electron chi connectivity index (χ3n) is 6.07. The van der Waals surface area contributed by atoms with E-state index in [9.17, 15) is 29.2 Å². The van der Waals surface area contributed by atoms with Crippen LogP contribution in [0.3, 0.4) is 0 Å². The molecule has 224 valence electrons. The lowest BCUT2D eigenvalue weighted by Gasteiger charge is -2.22. The number of imidazole rings is 1. The van der Waals surface area contributed by atoms with Crippen molar-refractivity contribution in [3.8, 4) is 0 Å². The highest BCUT2D eigenvalue weighted by molar-refractivity contribution is 8.13. The Balaban J connectivity index is 1.67. The van der Waals surface area contributed by atoms with Crippen molar-refractivity contribution in [1.82, 2.24) is 24.6 Å². The lowest BCUT2D eigenvalue weighted by atomic mass is 9.97. The molecule has 1 aliphatic heterocycles. The summed E-state index contributed by atoms with van der Waals surface area (Å²) in [7, 11) is -4.14. The molecule has 40 heavy (non-hydrogen) atoms. The van der Waals surface area contributed by atoms with Gasteiger partial charge in [0.2, 0.25) is 5.95 Å². The van der Waals surface area contributed by atoms with Gasteiger partial charge >= 0.3 is 13.7 Å². The van der Waals surface area contributed by atoms with E-state index < -0.39 is 62.2 Å². The quantitative estimate of drug-likeness (QED) is 0.110. The fourth-order valence-corrected chi connectivity index (χ4v) is 5.89. The number of aromatic amines is 1. The molecule has 3 rings (SSSR count). The third kappa shape index (κ3) is 7.67. The van der Waals surface area contributed by atoms with Crippen LogP contribution >= 0.6 is 19.5 Å². The van der Waals surface area contributed by atoms with Gasteiger partial charge in [-0.3, -0.25) is 33.0 Å². The first-order valence-corrected chi connectivity index (χ1v) is 15.0. The molecule has 16 nitrogen and oxygen atoms in total. The zero-order valence-corrected chi connectivity index (χ0v) is 24.3. The summed E-state index contributed by atoms with van der Waals surface area (Å²) in [5.74, 6) is -1.24. The zero-order chi connectivity index (χ0) is 29.7. The molecule has 2 aromatic heterocycles. The highest BCUT2D eigenvalue weighted by Crippen LogP contribution is 2.45.